The lowest BCUT2D eigenvalue weighted by Gasteiger charge is -2.08. The maximum atomic E-state index is 12.0. The van der Waals surface area contributed by atoms with E-state index >= 15 is 0 Å². The van der Waals surface area contributed by atoms with Crippen LogP contribution in [0.25, 0.3) is 11.0 Å². The highest BCUT2D eigenvalue weighted by molar-refractivity contribution is 6.07. The Balaban J connectivity index is 2.38. The third-order valence-corrected chi connectivity index (χ3v) is 3.15. The summed E-state index contributed by atoms with van der Waals surface area (Å²) in [5.41, 5.74) is 3.10. The maximum absolute atomic E-state index is 12.0. The van der Waals surface area contributed by atoms with Crippen molar-refractivity contribution in [1.82, 2.24) is 5.32 Å². The lowest BCUT2D eigenvalue weighted by molar-refractivity contribution is -0.138. The molecule has 2 rings (SSSR count). The lowest BCUT2D eigenvalue weighted by atomic mass is 10.1. The number of aliphatic carboxylic acids is 1. The van der Waals surface area contributed by atoms with Crippen molar-refractivity contribution in [3.63, 3.8) is 0 Å². The number of furan rings is 1. The molecule has 1 heterocycles. The van der Waals surface area contributed by atoms with Crippen molar-refractivity contribution in [2.75, 3.05) is 0 Å². The molecule has 5 nitrogen and oxygen atoms in total. The largest absolute Gasteiger partial charge is 0.480 e. The number of carboxylic acids is 1. The Morgan fingerprint density at radius 1 is 1.26 bits per heavy atom. The molecule has 2 aromatic rings. The van der Waals surface area contributed by atoms with Crippen LogP contribution in [0.15, 0.2) is 22.8 Å². The highest BCUT2D eigenvalue weighted by Gasteiger charge is 2.19. The van der Waals surface area contributed by atoms with E-state index in [4.69, 9.17) is 9.52 Å². The van der Waals surface area contributed by atoms with Crippen molar-refractivity contribution in [1.29, 1.82) is 0 Å². The molecule has 0 saturated carbocycles. The number of nitrogens with one attached hydrogen (secondary N) is 1. The van der Waals surface area contributed by atoms with Gasteiger partial charge in [-0.2, -0.15) is 0 Å². The van der Waals surface area contributed by atoms with Gasteiger partial charge in [-0.1, -0.05) is 0 Å². The highest BCUT2D eigenvalue weighted by Crippen LogP contribution is 2.24. The third kappa shape index (κ3) is 2.45. The Bertz CT molecular complexity index is 657. The number of hydrogen-bond donors (Lipinski definition) is 2. The van der Waals surface area contributed by atoms with E-state index in [9.17, 15) is 9.59 Å². The van der Waals surface area contributed by atoms with Crippen LogP contribution in [0.4, 0.5) is 0 Å². The summed E-state index contributed by atoms with van der Waals surface area (Å²) in [7, 11) is 0. The zero-order valence-corrected chi connectivity index (χ0v) is 11.0. The topological polar surface area (TPSA) is 79.5 Å². The summed E-state index contributed by atoms with van der Waals surface area (Å²) < 4.78 is 5.34. The highest BCUT2D eigenvalue weighted by atomic mass is 16.4. The van der Waals surface area contributed by atoms with E-state index in [1.807, 2.05) is 26.0 Å². The number of carbonyl (C=O) groups excluding carboxylic acids is 1. The molecule has 1 amide bonds. The molecule has 1 atom stereocenters. The van der Waals surface area contributed by atoms with E-state index in [0.717, 1.165) is 11.1 Å². The molecule has 0 aliphatic carbocycles. The van der Waals surface area contributed by atoms with Gasteiger partial charge in [-0.3, -0.25) is 9.59 Å². The predicted octanol–water partition coefficient (Wildman–Crippen LogP) is 2.25. The Labute approximate surface area is 110 Å². The molecular weight excluding hydrogens is 246 g/mol. The number of carboxylic acid groups (broad SMARTS) is 1. The van der Waals surface area contributed by atoms with Crippen LogP contribution in [0.5, 0.6) is 0 Å². The minimum absolute atomic E-state index is 0.353. The van der Waals surface area contributed by atoms with Crippen LogP contribution in [-0.2, 0) is 4.79 Å². The summed E-state index contributed by atoms with van der Waals surface area (Å²) in [6.45, 7) is 5.32. The fourth-order valence-electron chi connectivity index (χ4n) is 1.80. The Kier molecular flexibility index (Phi) is 3.29. The van der Waals surface area contributed by atoms with Crippen molar-refractivity contribution < 1.29 is 19.1 Å². The molecule has 0 aliphatic rings. The van der Waals surface area contributed by atoms with E-state index in [2.05, 4.69) is 5.32 Å². The number of hydrogen-bond acceptors (Lipinski definition) is 3. The minimum atomic E-state index is -1.08. The molecule has 1 aromatic heterocycles. The summed E-state index contributed by atoms with van der Waals surface area (Å²) in [6.07, 6.45) is 1.35. The first kappa shape index (κ1) is 13.1. The molecule has 2 N–H and O–H groups in total. The van der Waals surface area contributed by atoms with Crippen LogP contribution in [0.1, 0.15) is 28.4 Å². The van der Waals surface area contributed by atoms with Crippen LogP contribution in [-0.4, -0.2) is 23.0 Å². The molecule has 0 aliphatic heterocycles. The van der Waals surface area contributed by atoms with Gasteiger partial charge in [0.1, 0.15) is 17.9 Å². The van der Waals surface area contributed by atoms with Gasteiger partial charge < -0.3 is 14.8 Å². The molecule has 0 bridgehead atoms. The summed E-state index contributed by atoms with van der Waals surface area (Å²) in [5.74, 6) is -1.52. The smallest absolute Gasteiger partial charge is 0.325 e. The van der Waals surface area contributed by atoms with Crippen molar-refractivity contribution in [2.24, 2.45) is 0 Å². The summed E-state index contributed by atoms with van der Waals surface area (Å²) in [4.78, 5) is 22.7. The van der Waals surface area contributed by atoms with Crippen molar-refractivity contribution in [3.8, 4) is 0 Å². The molecule has 0 saturated heterocycles. The average molecular weight is 261 g/mol. The second-order valence-electron chi connectivity index (χ2n) is 4.62. The summed E-state index contributed by atoms with van der Waals surface area (Å²) in [5, 5.41) is 11.9. The first-order valence-corrected chi connectivity index (χ1v) is 5.92. The van der Waals surface area contributed by atoms with Gasteiger partial charge in [-0.15, -0.1) is 0 Å². The van der Waals surface area contributed by atoms with E-state index in [1.54, 1.807) is 0 Å². The first-order valence-electron chi connectivity index (χ1n) is 5.92. The molecule has 1 unspecified atom stereocenters. The standard InChI is InChI=1S/C14H15NO4/c1-7-4-10-11(6-19-12(10)5-8(7)2)13(16)15-9(3)14(17)18/h4-6,9H,1-3H3,(H,15,16)(H,17,18). The Morgan fingerprint density at radius 3 is 2.53 bits per heavy atom. The monoisotopic (exact) mass is 261 g/mol. The zero-order valence-electron chi connectivity index (χ0n) is 11.0. The molecule has 0 radical (unpaired) electrons. The Hall–Kier alpha value is -2.30. The van der Waals surface area contributed by atoms with Gasteiger partial charge in [0, 0.05) is 5.39 Å². The Morgan fingerprint density at radius 2 is 1.89 bits per heavy atom. The van der Waals surface area contributed by atoms with Gasteiger partial charge >= 0.3 is 5.97 Å². The molecule has 0 spiro atoms. The lowest BCUT2D eigenvalue weighted by Crippen LogP contribution is -2.38. The van der Waals surface area contributed by atoms with Gasteiger partial charge in [0.25, 0.3) is 5.91 Å². The van der Waals surface area contributed by atoms with Crippen LogP contribution < -0.4 is 5.32 Å². The van der Waals surface area contributed by atoms with Crippen LogP contribution in [0.3, 0.4) is 0 Å². The fraction of sp³-hybridized carbons (Fsp3) is 0.286. The summed E-state index contributed by atoms with van der Waals surface area (Å²) >= 11 is 0. The zero-order chi connectivity index (χ0) is 14.2. The van der Waals surface area contributed by atoms with Crippen LogP contribution in [0.2, 0.25) is 0 Å². The van der Waals surface area contributed by atoms with Gasteiger partial charge in [0.2, 0.25) is 0 Å². The third-order valence-electron chi connectivity index (χ3n) is 3.15. The number of carbonyl (C=O) groups is 2. The predicted molar refractivity (Wildman–Crippen MR) is 70.3 cm³/mol. The second kappa shape index (κ2) is 4.76. The van der Waals surface area contributed by atoms with E-state index < -0.39 is 17.9 Å². The minimum Gasteiger partial charge on any atom is -0.480 e. The molecule has 100 valence electrons. The number of amides is 1. The summed E-state index contributed by atoms with van der Waals surface area (Å²) in [6, 6.07) is 2.79. The van der Waals surface area contributed by atoms with Gasteiger partial charge in [0.15, 0.2) is 0 Å². The quantitative estimate of drug-likeness (QED) is 0.888. The van der Waals surface area contributed by atoms with Crippen LogP contribution in [0, 0.1) is 13.8 Å². The van der Waals surface area contributed by atoms with Gasteiger partial charge in [-0.25, -0.2) is 0 Å². The average Bonchev–Trinajstić information content (AvgIpc) is 2.72. The molecule has 0 fully saturated rings. The second-order valence-corrected chi connectivity index (χ2v) is 4.62. The first-order chi connectivity index (χ1) is 8.90. The van der Waals surface area contributed by atoms with Crippen molar-refractivity contribution in [3.05, 3.63) is 35.1 Å². The molecule has 19 heavy (non-hydrogen) atoms. The number of aryl methyl sites for hydroxylation is 2. The fourth-order valence-corrected chi connectivity index (χ4v) is 1.80. The van der Waals surface area contributed by atoms with E-state index in [1.165, 1.54) is 13.2 Å². The van der Waals surface area contributed by atoms with E-state index in [-0.39, 0.29) is 0 Å². The molecule has 5 heteroatoms. The normalized spacial score (nSPS) is 12.4. The maximum Gasteiger partial charge on any atom is 0.325 e. The van der Waals surface area contributed by atoms with Crippen molar-refractivity contribution >= 4 is 22.8 Å². The number of fused-ring (bicyclic) bond motifs is 1. The van der Waals surface area contributed by atoms with Gasteiger partial charge in [-0.05, 0) is 44.0 Å². The van der Waals surface area contributed by atoms with Crippen LogP contribution >= 0.6 is 0 Å². The van der Waals surface area contributed by atoms with Crippen molar-refractivity contribution in [2.45, 2.75) is 26.8 Å². The SMILES string of the molecule is Cc1cc2occ(C(=O)NC(C)C(=O)O)c2cc1C. The van der Waals surface area contributed by atoms with Gasteiger partial charge in [0.05, 0.1) is 5.56 Å². The number of rotatable bonds is 3. The molecular formula is C14H15NO4. The number of benzene rings is 1. The van der Waals surface area contributed by atoms with E-state index in [0.29, 0.717) is 16.5 Å². The molecule has 1 aromatic carbocycles.